The summed E-state index contributed by atoms with van der Waals surface area (Å²) in [6.45, 7) is 0. The van der Waals surface area contributed by atoms with E-state index in [1.807, 2.05) is 0 Å². The first-order valence-corrected chi connectivity index (χ1v) is 7.22. The van der Waals surface area contributed by atoms with Crippen LogP contribution in [0.3, 0.4) is 0 Å². The van der Waals surface area contributed by atoms with Crippen molar-refractivity contribution in [1.29, 1.82) is 0 Å². The van der Waals surface area contributed by atoms with Gasteiger partial charge in [0, 0.05) is 11.4 Å². The van der Waals surface area contributed by atoms with E-state index in [0.29, 0.717) is 5.69 Å². The zero-order valence-electron chi connectivity index (χ0n) is 10.6. The van der Waals surface area contributed by atoms with Crippen LogP contribution in [0.15, 0.2) is 53.4 Å². The number of alkyl halides is 3. The largest absolute Gasteiger partial charge is 0.416 e. The Morgan fingerprint density at radius 2 is 1.43 bits per heavy atom. The van der Waals surface area contributed by atoms with E-state index in [4.69, 9.17) is 5.73 Å². The highest BCUT2D eigenvalue weighted by Gasteiger charge is 2.30. The molecule has 0 aliphatic heterocycles. The summed E-state index contributed by atoms with van der Waals surface area (Å²) in [6.07, 6.45) is -4.46. The molecule has 4 nitrogen and oxygen atoms in total. The monoisotopic (exact) mass is 316 g/mol. The van der Waals surface area contributed by atoms with Crippen molar-refractivity contribution in [3.8, 4) is 0 Å². The Morgan fingerprint density at radius 3 is 1.90 bits per heavy atom. The fourth-order valence-electron chi connectivity index (χ4n) is 1.59. The molecule has 8 heteroatoms. The normalized spacial score (nSPS) is 12.1. The van der Waals surface area contributed by atoms with Gasteiger partial charge in [0.05, 0.1) is 10.5 Å². The number of nitrogen functional groups attached to an aromatic ring is 1. The molecule has 2 aromatic rings. The summed E-state index contributed by atoms with van der Waals surface area (Å²) < 4.78 is 63.5. The van der Waals surface area contributed by atoms with E-state index in [0.717, 1.165) is 24.3 Å². The highest BCUT2D eigenvalue weighted by Crippen LogP contribution is 2.30. The maximum Gasteiger partial charge on any atom is 0.416 e. The molecular weight excluding hydrogens is 305 g/mol. The average molecular weight is 316 g/mol. The van der Waals surface area contributed by atoms with Crippen molar-refractivity contribution in [2.75, 3.05) is 10.5 Å². The minimum atomic E-state index is -4.46. The van der Waals surface area contributed by atoms with E-state index in [1.54, 1.807) is 0 Å². The lowest BCUT2D eigenvalue weighted by Gasteiger charge is -2.10. The molecule has 0 aliphatic carbocycles. The van der Waals surface area contributed by atoms with E-state index in [2.05, 4.69) is 4.72 Å². The molecule has 0 fully saturated rings. The Kier molecular flexibility index (Phi) is 3.82. The highest BCUT2D eigenvalue weighted by atomic mass is 32.2. The van der Waals surface area contributed by atoms with Crippen LogP contribution in [0, 0.1) is 0 Å². The van der Waals surface area contributed by atoms with E-state index < -0.39 is 21.8 Å². The van der Waals surface area contributed by atoms with Gasteiger partial charge in [-0.15, -0.1) is 0 Å². The molecule has 0 spiro atoms. The molecule has 0 saturated heterocycles. The van der Waals surface area contributed by atoms with Gasteiger partial charge in [-0.05, 0) is 48.5 Å². The Morgan fingerprint density at radius 1 is 0.905 bits per heavy atom. The Bertz CT molecular complexity index is 724. The molecule has 0 amide bonds. The number of rotatable bonds is 3. The first-order valence-electron chi connectivity index (χ1n) is 5.74. The van der Waals surface area contributed by atoms with Crippen LogP contribution in [-0.4, -0.2) is 8.42 Å². The maximum absolute atomic E-state index is 12.4. The van der Waals surface area contributed by atoms with Crippen LogP contribution < -0.4 is 10.5 Å². The van der Waals surface area contributed by atoms with Gasteiger partial charge in [-0.1, -0.05) is 0 Å². The van der Waals surface area contributed by atoms with Crippen molar-refractivity contribution >= 4 is 21.4 Å². The molecule has 0 radical (unpaired) electrons. The molecule has 21 heavy (non-hydrogen) atoms. The summed E-state index contributed by atoms with van der Waals surface area (Å²) in [6, 6.07) is 9.17. The third kappa shape index (κ3) is 3.66. The van der Waals surface area contributed by atoms with E-state index in [-0.39, 0.29) is 10.6 Å². The number of sulfonamides is 1. The number of benzene rings is 2. The van der Waals surface area contributed by atoms with Gasteiger partial charge in [-0.25, -0.2) is 8.42 Å². The van der Waals surface area contributed by atoms with Crippen molar-refractivity contribution in [1.82, 2.24) is 0 Å². The zero-order chi connectivity index (χ0) is 15.7. The Hall–Kier alpha value is -2.22. The third-order valence-electron chi connectivity index (χ3n) is 2.65. The van der Waals surface area contributed by atoms with E-state index in [1.165, 1.54) is 24.3 Å². The molecule has 2 aromatic carbocycles. The molecular formula is C13H11F3N2O2S. The lowest BCUT2D eigenvalue weighted by atomic mass is 10.2. The molecule has 0 aliphatic rings. The van der Waals surface area contributed by atoms with Crippen LogP contribution >= 0.6 is 0 Å². The average Bonchev–Trinajstić information content (AvgIpc) is 2.38. The van der Waals surface area contributed by atoms with Gasteiger partial charge in [-0.2, -0.15) is 13.2 Å². The molecule has 0 heterocycles. The number of halogens is 3. The molecule has 0 aromatic heterocycles. The Balaban J connectivity index is 2.23. The minimum Gasteiger partial charge on any atom is -0.399 e. The summed E-state index contributed by atoms with van der Waals surface area (Å²) in [5.74, 6) is 0. The van der Waals surface area contributed by atoms with Crippen LogP contribution in [0.1, 0.15) is 5.56 Å². The number of nitrogens with two attached hydrogens (primary N) is 1. The van der Waals surface area contributed by atoms with Crippen LogP contribution in [0.5, 0.6) is 0 Å². The van der Waals surface area contributed by atoms with Gasteiger partial charge in [-0.3, -0.25) is 4.72 Å². The second-order valence-electron chi connectivity index (χ2n) is 4.25. The van der Waals surface area contributed by atoms with Crippen LogP contribution in [0.2, 0.25) is 0 Å². The zero-order valence-corrected chi connectivity index (χ0v) is 11.4. The number of anilines is 2. The summed E-state index contributed by atoms with van der Waals surface area (Å²) in [7, 11) is -3.87. The number of nitrogens with one attached hydrogen (secondary N) is 1. The summed E-state index contributed by atoms with van der Waals surface area (Å²) in [4.78, 5) is -0.0309. The van der Waals surface area contributed by atoms with Gasteiger partial charge < -0.3 is 5.73 Å². The quantitative estimate of drug-likeness (QED) is 0.855. The molecule has 3 N–H and O–H groups in total. The van der Waals surface area contributed by atoms with E-state index >= 15 is 0 Å². The fourth-order valence-corrected chi connectivity index (χ4v) is 2.65. The molecule has 0 atom stereocenters. The van der Waals surface area contributed by atoms with Gasteiger partial charge in [0.25, 0.3) is 10.0 Å². The van der Waals surface area contributed by atoms with Gasteiger partial charge in [0.15, 0.2) is 0 Å². The number of hydrogen-bond acceptors (Lipinski definition) is 3. The van der Waals surface area contributed by atoms with Crippen LogP contribution in [-0.2, 0) is 16.2 Å². The second-order valence-corrected chi connectivity index (χ2v) is 5.93. The Labute approximate surface area is 119 Å². The first kappa shape index (κ1) is 15.2. The lowest BCUT2D eigenvalue weighted by Crippen LogP contribution is -2.13. The minimum absolute atomic E-state index is 0.0309. The highest BCUT2D eigenvalue weighted by molar-refractivity contribution is 7.92. The second kappa shape index (κ2) is 5.28. The van der Waals surface area contributed by atoms with Gasteiger partial charge in [0.2, 0.25) is 0 Å². The van der Waals surface area contributed by atoms with Gasteiger partial charge >= 0.3 is 6.18 Å². The summed E-state index contributed by atoms with van der Waals surface area (Å²) in [5, 5.41) is 0. The fraction of sp³-hybridized carbons (Fsp3) is 0.0769. The van der Waals surface area contributed by atoms with Crippen molar-refractivity contribution in [2.24, 2.45) is 0 Å². The smallest absolute Gasteiger partial charge is 0.399 e. The van der Waals surface area contributed by atoms with Crippen molar-refractivity contribution in [3.05, 3.63) is 54.1 Å². The lowest BCUT2D eigenvalue weighted by molar-refractivity contribution is -0.137. The standard InChI is InChI=1S/C13H11F3N2O2S/c14-13(15,16)9-1-5-11(6-2-9)18-21(19,20)12-7-3-10(17)4-8-12/h1-8,18H,17H2. The molecule has 0 unspecified atom stereocenters. The predicted molar refractivity (Wildman–Crippen MR) is 73.1 cm³/mol. The maximum atomic E-state index is 12.4. The summed E-state index contributed by atoms with van der Waals surface area (Å²) >= 11 is 0. The molecule has 0 bridgehead atoms. The number of hydrogen-bond donors (Lipinski definition) is 2. The molecule has 0 saturated carbocycles. The molecule has 112 valence electrons. The van der Waals surface area contributed by atoms with Gasteiger partial charge in [0.1, 0.15) is 0 Å². The summed E-state index contributed by atoms with van der Waals surface area (Å²) in [5.41, 5.74) is 5.06. The van der Waals surface area contributed by atoms with E-state index in [9.17, 15) is 21.6 Å². The van der Waals surface area contributed by atoms with Crippen molar-refractivity contribution in [3.63, 3.8) is 0 Å². The predicted octanol–water partition coefficient (Wildman–Crippen LogP) is 3.09. The SMILES string of the molecule is Nc1ccc(S(=O)(=O)Nc2ccc(C(F)(F)F)cc2)cc1. The van der Waals surface area contributed by atoms with Crippen molar-refractivity contribution in [2.45, 2.75) is 11.1 Å². The first-order chi connectivity index (χ1) is 9.68. The van der Waals surface area contributed by atoms with Crippen LogP contribution in [0.25, 0.3) is 0 Å². The third-order valence-corrected chi connectivity index (χ3v) is 4.05. The van der Waals surface area contributed by atoms with Crippen molar-refractivity contribution < 1.29 is 21.6 Å². The topological polar surface area (TPSA) is 72.2 Å². The van der Waals surface area contributed by atoms with Crippen LogP contribution in [0.4, 0.5) is 24.5 Å². The molecule has 2 rings (SSSR count).